The number of nitrogens with zero attached hydrogens (tertiary/aromatic N) is 1. The van der Waals surface area contributed by atoms with Gasteiger partial charge in [0.2, 0.25) is 0 Å². The minimum absolute atomic E-state index is 0.256. The van der Waals surface area contributed by atoms with E-state index in [-0.39, 0.29) is 5.91 Å². The molecule has 0 saturated carbocycles. The number of anilines is 1. The van der Waals surface area contributed by atoms with Crippen LogP contribution < -0.4 is 9.80 Å². The Morgan fingerprint density at radius 2 is 1.79 bits per heavy atom. The molecule has 1 unspecified atom stereocenters. The lowest BCUT2D eigenvalue weighted by Gasteiger charge is -2.25. The Labute approximate surface area is 143 Å². The number of benzene rings is 2. The van der Waals surface area contributed by atoms with E-state index >= 15 is 0 Å². The third-order valence-electron chi connectivity index (χ3n) is 5.12. The summed E-state index contributed by atoms with van der Waals surface area (Å²) in [6, 6.07) is 18.8. The Balaban J connectivity index is 1.39. The van der Waals surface area contributed by atoms with Gasteiger partial charge in [0, 0.05) is 18.7 Å². The Bertz CT molecular complexity index is 766. The summed E-state index contributed by atoms with van der Waals surface area (Å²) in [6.45, 7) is 3.39. The van der Waals surface area contributed by atoms with Gasteiger partial charge in [0.15, 0.2) is 6.54 Å². The van der Waals surface area contributed by atoms with Crippen LogP contribution in [0.1, 0.15) is 17.5 Å². The second-order valence-corrected chi connectivity index (χ2v) is 6.65. The quantitative estimate of drug-likeness (QED) is 0.919. The number of carbonyl (C=O) groups is 1. The average Bonchev–Trinajstić information content (AvgIpc) is 3.07. The fraction of sp³-hybridized carbons (Fsp3) is 0.286. The lowest BCUT2D eigenvalue weighted by molar-refractivity contribution is -0.886. The summed E-state index contributed by atoms with van der Waals surface area (Å²) in [6.07, 6.45) is 4.33. The smallest absolute Gasteiger partial charge is 0.282 e. The van der Waals surface area contributed by atoms with Crippen LogP contribution in [-0.4, -0.2) is 32.1 Å². The van der Waals surface area contributed by atoms with Crippen molar-refractivity contribution in [2.24, 2.45) is 0 Å². The molecule has 0 aromatic heterocycles. The molecule has 1 atom stereocenters. The fourth-order valence-electron chi connectivity index (χ4n) is 3.76. The molecule has 0 aliphatic carbocycles. The van der Waals surface area contributed by atoms with Crippen molar-refractivity contribution in [1.82, 2.24) is 0 Å². The van der Waals surface area contributed by atoms with E-state index in [4.69, 9.17) is 0 Å². The van der Waals surface area contributed by atoms with Crippen molar-refractivity contribution in [3.05, 3.63) is 71.8 Å². The van der Waals surface area contributed by atoms with E-state index in [0.29, 0.717) is 6.54 Å². The Morgan fingerprint density at radius 1 is 1.00 bits per heavy atom. The van der Waals surface area contributed by atoms with E-state index in [1.165, 1.54) is 21.6 Å². The van der Waals surface area contributed by atoms with E-state index in [0.717, 1.165) is 38.2 Å². The van der Waals surface area contributed by atoms with Gasteiger partial charge >= 0.3 is 0 Å². The topological polar surface area (TPSA) is 24.8 Å². The summed E-state index contributed by atoms with van der Waals surface area (Å²) in [5.74, 6) is 0.256. The first-order valence-corrected chi connectivity index (χ1v) is 8.77. The van der Waals surface area contributed by atoms with Crippen LogP contribution in [0.15, 0.2) is 60.7 Å². The zero-order valence-electron chi connectivity index (χ0n) is 13.9. The second-order valence-electron chi connectivity index (χ2n) is 6.65. The van der Waals surface area contributed by atoms with Crippen molar-refractivity contribution in [3.8, 4) is 0 Å². The highest BCUT2D eigenvalue weighted by Gasteiger charge is 2.27. The van der Waals surface area contributed by atoms with Crippen molar-refractivity contribution in [1.29, 1.82) is 0 Å². The van der Waals surface area contributed by atoms with Crippen LogP contribution >= 0.6 is 0 Å². The first-order valence-electron chi connectivity index (χ1n) is 8.77. The van der Waals surface area contributed by atoms with Crippen LogP contribution in [0, 0.1) is 0 Å². The Morgan fingerprint density at radius 3 is 2.58 bits per heavy atom. The van der Waals surface area contributed by atoms with Gasteiger partial charge in [-0.1, -0.05) is 48.5 Å². The molecule has 2 aromatic rings. The molecule has 2 aliphatic heterocycles. The first kappa shape index (κ1) is 15.2. The maximum atomic E-state index is 12.7. The number of fused-ring (bicyclic) bond motifs is 1. The van der Waals surface area contributed by atoms with Crippen LogP contribution in [0.2, 0.25) is 0 Å². The van der Waals surface area contributed by atoms with Crippen molar-refractivity contribution < 1.29 is 9.69 Å². The molecule has 0 saturated heterocycles. The number of hydrogen-bond acceptors (Lipinski definition) is 1. The molecule has 1 N–H and O–H groups in total. The lowest BCUT2D eigenvalue weighted by atomic mass is 9.99. The maximum absolute atomic E-state index is 12.7. The average molecular weight is 319 g/mol. The van der Waals surface area contributed by atoms with Gasteiger partial charge in [-0.05, 0) is 35.3 Å². The molecular formula is C21H23N2O+. The SMILES string of the molecule is O=C(C[NH+]1CC=C(c2ccccc2)CC1)N1CCc2ccccc21. The summed E-state index contributed by atoms with van der Waals surface area (Å²) in [4.78, 5) is 16.0. The third-order valence-corrected chi connectivity index (χ3v) is 5.12. The number of amides is 1. The summed E-state index contributed by atoms with van der Waals surface area (Å²) in [7, 11) is 0. The normalized spacial score (nSPS) is 19.8. The molecule has 0 fully saturated rings. The summed E-state index contributed by atoms with van der Waals surface area (Å²) < 4.78 is 0. The molecule has 3 nitrogen and oxygen atoms in total. The van der Waals surface area contributed by atoms with Gasteiger partial charge in [-0.15, -0.1) is 0 Å². The summed E-state index contributed by atoms with van der Waals surface area (Å²) in [5, 5.41) is 0. The highest BCUT2D eigenvalue weighted by molar-refractivity contribution is 5.96. The van der Waals surface area contributed by atoms with E-state index in [9.17, 15) is 4.79 Å². The highest BCUT2D eigenvalue weighted by atomic mass is 16.2. The molecule has 122 valence electrons. The van der Waals surface area contributed by atoms with Crippen LogP contribution in [0.5, 0.6) is 0 Å². The predicted octanol–water partition coefficient (Wildman–Crippen LogP) is 1.95. The van der Waals surface area contributed by atoms with E-state index in [2.05, 4.69) is 54.6 Å². The van der Waals surface area contributed by atoms with Gasteiger partial charge in [-0.25, -0.2) is 0 Å². The molecule has 3 heteroatoms. The molecule has 2 aromatic carbocycles. The molecule has 4 rings (SSSR count). The third kappa shape index (κ3) is 3.00. The predicted molar refractivity (Wildman–Crippen MR) is 97.1 cm³/mol. The largest absolute Gasteiger partial charge is 0.324 e. The summed E-state index contributed by atoms with van der Waals surface area (Å²) in [5.41, 5.74) is 5.14. The Hall–Kier alpha value is -2.39. The number of nitrogens with one attached hydrogen (secondary N) is 1. The molecular weight excluding hydrogens is 296 g/mol. The van der Waals surface area contributed by atoms with E-state index in [1.807, 2.05) is 11.0 Å². The van der Waals surface area contributed by atoms with Gasteiger partial charge in [-0.2, -0.15) is 0 Å². The fourth-order valence-corrected chi connectivity index (χ4v) is 3.76. The molecule has 2 aliphatic rings. The minimum Gasteiger partial charge on any atom is -0.324 e. The zero-order valence-corrected chi connectivity index (χ0v) is 13.9. The van der Waals surface area contributed by atoms with Crippen LogP contribution in [0.25, 0.3) is 5.57 Å². The van der Waals surface area contributed by atoms with E-state index < -0.39 is 0 Å². The van der Waals surface area contributed by atoms with Crippen LogP contribution in [0.3, 0.4) is 0 Å². The second kappa shape index (κ2) is 6.62. The van der Waals surface area contributed by atoms with Crippen molar-refractivity contribution in [3.63, 3.8) is 0 Å². The van der Waals surface area contributed by atoms with Crippen molar-refractivity contribution in [2.75, 3.05) is 31.1 Å². The lowest BCUT2D eigenvalue weighted by Crippen LogP contribution is -3.13. The zero-order chi connectivity index (χ0) is 16.4. The van der Waals surface area contributed by atoms with Gasteiger partial charge in [0.05, 0.1) is 13.1 Å². The molecule has 2 heterocycles. The van der Waals surface area contributed by atoms with Crippen LogP contribution in [0.4, 0.5) is 5.69 Å². The van der Waals surface area contributed by atoms with Crippen molar-refractivity contribution in [2.45, 2.75) is 12.8 Å². The number of para-hydroxylation sites is 1. The molecule has 0 spiro atoms. The number of rotatable bonds is 3. The van der Waals surface area contributed by atoms with Crippen molar-refractivity contribution >= 4 is 17.2 Å². The molecule has 0 radical (unpaired) electrons. The highest BCUT2D eigenvalue weighted by Crippen LogP contribution is 2.27. The molecule has 0 bridgehead atoms. The van der Waals surface area contributed by atoms with Gasteiger partial charge in [0.1, 0.15) is 0 Å². The first-order chi connectivity index (χ1) is 11.8. The number of quaternary nitrogens is 1. The Kier molecular flexibility index (Phi) is 4.18. The minimum atomic E-state index is 0.256. The maximum Gasteiger partial charge on any atom is 0.282 e. The molecule has 1 amide bonds. The monoisotopic (exact) mass is 319 g/mol. The molecule has 24 heavy (non-hydrogen) atoms. The van der Waals surface area contributed by atoms with E-state index in [1.54, 1.807) is 0 Å². The van der Waals surface area contributed by atoms with Gasteiger partial charge in [0.25, 0.3) is 5.91 Å². The van der Waals surface area contributed by atoms with Gasteiger partial charge < -0.3 is 9.80 Å². The van der Waals surface area contributed by atoms with Crippen LogP contribution in [-0.2, 0) is 11.2 Å². The summed E-state index contributed by atoms with van der Waals surface area (Å²) >= 11 is 0. The van der Waals surface area contributed by atoms with Gasteiger partial charge in [-0.3, -0.25) is 4.79 Å². The standard InChI is InChI=1S/C21H22N2O/c24-21(23-15-12-19-8-4-5-9-20(19)23)16-22-13-10-18(11-14-22)17-6-2-1-3-7-17/h1-10H,11-16H2/p+1. The number of carbonyl (C=O) groups excluding carboxylic acids is 1. The number of hydrogen-bond donors (Lipinski definition) is 1.